The lowest BCUT2D eigenvalue weighted by atomic mass is 10.2. The van der Waals surface area contributed by atoms with Crippen molar-refractivity contribution in [1.29, 1.82) is 0 Å². The van der Waals surface area contributed by atoms with Gasteiger partial charge in [-0.3, -0.25) is 10.1 Å². The zero-order valence-electron chi connectivity index (χ0n) is 12.0. The fourth-order valence-electron chi connectivity index (χ4n) is 2.45. The summed E-state index contributed by atoms with van der Waals surface area (Å²) in [6.45, 7) is 1.44. The smallest absolute Gasteiger partial charge is 0.287 e. The summed E-state index contributed by atoms with van der Waals surface area (Å²) in [7, 11) is 0. The number of rotatable bonds is 4. The van der Waals surface area contributed by atoms with E-state index in [4.69, 9.17) is 17.3 Å². The molecule has 3 N–H and O–H groups in total. The first-order valence-electron chi connectivity index (χ1n) is 6.92. The fraction of sp³-hybridized carbons (Fsp3) is 0.308. The molecular weight excluding hydrogens is 322 g/mol. The van der Waals surface area contributed by atoms with Crippen LogP contribution in [0.3, 0.4) is 0 Å². The van der Waals surface area contributed by atoms with Crippen molar-refractivity contribution in [3.05, 3.63) is 39.8 Å². The highest BCUT2D eigenvalue weighted by atomic mass is 35.5. The molecule has 0 amide bonds. The number of nitrogens with zero attached hydrogens (tertiary/aromatic N) is 5. The maximum absolute atomic E-state index is 10.6. The molecule has 3 rings (SSSR count). The molecule has 0 bridgehead atoms. The maximum atomic E-state index is 10.6. The van der Waals surface area contributed by atoms with Crippen LogP contribution in [0.2, 0.25) is 5.02 Å². The Morgan fingerprint density at radius 3 is 2.91 bits per heavy atom. The van der Waals surface area contributed by atoms with E-state index < -0.39 is 4.92 Å². The molecule has 1 aliphatic heterocycles. The quantitative estimate of drug-likeness (QED) is 0.639. The van der Waals surface area contributed by atoms with Gasteiger partial charge in [0.25, 0.3) is 5.69 Å². The van der Waals surface area contributed by atoms with Gasteiger partial charge in [-0.15, -0.1) is 0 Å². The number of hydrogen-bond acceptors (Lipinski definition) is 8. The van der Waals surface area contributed by atoms with Gasteiger partial charge in [0.05, 0.1) is 4.92 Å². The van der Waals surface area contributed by atoms with E-state index in [9.17, 15) is 10.1 Å². The zero-order valence-corrected chi connectivity index (χ0v) is 12.8. The Morgan fingerprint density at radius 1 is 1.39 bits per heavy atom. The van der Waals surface area contributed by atoms with E-state index in [2.05, 4.69) is 20.3 Å². The molecule has 1 saturated heterocycles. The van der Waals surface area contributed by atoms with Crippen molar-refractivity contribution < 1.29 is 4.92 Å². The van der Waals surface area contributed by atoms with E-state index >= 15 is 0 Å². The minimum atomic E-state index is -0.477. The van der Waals surface area contributed by atoms with E-state index in [0.29, 0.717) is 23.2 Å². The Bertz CT molecular complexity index is 725. The summed E-state index contributed by atoms with van der Waals surface area (Å²) >= 11 is 6.14. The lowest BCUT2D eigenvalue weighted by molar-refractivity contribution is -0.385. The molecule has 9 nitrogen and oxygen atoms in total. The first kappa shape index (κ1) is 15.2. The second-order valence-electron chi connectivity index (χ2n) is 5.13. The van der Waals surface area contributed by atoms with Crippen molar-refractivity contribution in [2.45, 2.75) is 12.5 Å². The Labute approximate surface area is 136 Å². The summed E-state index contributed by atoms with van der Waals surface area (Å²) in [5.41, 5.74) is 5.66. The maximum Gasteiger partial charge on any atom is 0.287 e. The Kier molecular flexibility index (Phi) is 4.11. The van der Waals surface area contributed by atoms with Crippen LogP contribution in [0, 0.1) is 10.1 Å². The van der Waals surface area contributed by atoms with Gasteiger partial charge < -0.3 is 16.0 Å². The third-order valence-electron chi connectivity index (χ3n) is 3.60. The number of nitro groups is 1. The Morgan fingerprint density at radius 2 is 2.22 bits per heavy atom. The summed E-state index contributed by atoms with van der Waals surface area (Å²) in [4.78, 5) is 24.2. The molecule has 0 aromatic carbocycles. The van der Waals surface area contributed by atoms with Gasteiger partial charge in [0.15, 0.2) is 5.82 Å². The van der Waals surface area contributed by atoms with Crippen LogP contribution >= 0.6 is 11.6 Å². The zero-order chi connectivity index (χ0) is 16.4. The number of nitrogens with one attached hydrogen (secondary N) is 1. The summed E-state index contributed by atoms with van der Waals surface area (Å²) in [6.07, 6.45) is 3.48. The highest BCUT2D eigenvalue weighted by Crippen LogP contribution is 2.29. The lowest BCUT2D eigenvalue weighted by Gasteiger charge is -2.19. The molecule has 0 saturated carbocycles. The van der Waals surface area contributed by atoms with Gasteiger partial charge in [-0.1, -0.05) is 11.6 Å². The third kappa shape index (κ3) is 3.24. The molecule has 0 unspecified atom stereocenters. The first-order chi connectivity index (χ1) is 11.0. The summed E-state index contributed by atoms with van der Waals surface area (Å²) < 4.78 is 0. The number of pyridine rings is 1. The van der Waals surface area contributed by atoms with Crippen LogP contribution in [0.15, 0.2) is 24.7 Å². The van der Waals surface area contributed by atoms with Crippen molar-refractivity contribution in [3.8, 4) is 0 Å². The second kappa shape index (κ2) is 6.21. The lowest BCUT2D eigenvalue weighted by Crippen LogP contribution is -2.27. The fourth-order valence-corrected chi connectivity index (χ4v) is 2.67. The Balaban J connectivity index is 1.66. The summed E-state index contributed by atoms with van der Waals surface area (Å²) in [5, 5.41) is 14.2. The van der Waals surface area contributed by atoms with E-state index in [-0.39, 0.29) is 17.5 Å². The molecule has 3 heterocycles. The SMILES string of the molecule is Nc1ncnc(N2CC[C@@H](Nc3ccc([N+](=O)[O-])cn3)C2)c1Cl. The highest BCUT2D eigenvalue weighted by Gasteiger charge is 2.26. The number of nitrogen functional groups attached to an aromatic ring is 1. The molecule has 10 heteroatoms. The van der Waals surface area contributed by atoms with E-state index in [0.717, 1.165) is 13.0 Å². The largest absolute Gasteiger partial charge is 0.382 e. The molecule has 0 radical (unpaired) electrons. The van der Waals surface area contributed by atoms with Crippen molar-refractivity contribution in [3.63, 3.8) is 0 Å². The summed E-state index contributed by atoms with van der Waals surface area (Å²) in [5.74, 6) is 1.46. The molecule has 1 atom stereocenters. The minimum Gasteiger partial charge on any atom is -0.382 e. The predicted octanol–water partition coefficient (Wildman–Crippen LogP) is 1.71. The molecule has 120 valence electrons. The van der Waals surface area contributed by atoms with Crippen molar-refractivity contribution in [2.75, 3.05) is 29.0 Å². The Hall–Kier alpha value is -2.68. The van der Waals surface area contributed by atoms with Crippen molar-refractivity contribution >= 4 is 34.7 Å². The number of anilines is 3. The van der Waals surface area contributed by atoms with Gasteiger partial charge in [-0.05, 0) is 12.5 Å². The van der Waals surface area contributed by atoms with Crippen LogP contribution in [0.1, 0.15) is 6.42 Å². The van der Waals surface area contributed by atoms with Gasteiger partial charge in [0.1, 0.15) is 29.2 Å². The van der Waals surface area contributed by atoms with E-state index in [1.54, 1.807) is 6.07 Å². The standard InChI is InChI=1S/C13H14ClN7O2/c14-11-12(15)17-7-18-13(11)20-4-3-8(6-20)19-10-2-1-9(5-16-10)21(22)23/h1-2,5,7-8H,3-4,6H2,(H,16,19)(H2,15,17,18)/t8-/m1/s1. The van der Waals surface area contributed by atoms with Crippen LogP contribution in [0.25, 0.3) is 0 Å². The van der Waals surface area contributed by atoms with Gasteiger partial charge in [0.2, 0.25) is 0 Å². The molecule has 1 aliphatic rings. The first-order valence-corrected chi connectivity index (χ1v) is 7.30. The minimum absolute atomic E-state index is 0.0353. The van der Waals surface area contributed by atoms with Crippen LogP contribution < -0.4 is 16.0 Å². The van der Waals surface area contributed by atoms with Gasteiger partial charge in [-0.2, -0.15) is 0 Å². The van der Waals surface area contributed by atoms with Crippen LogP contribution in [-0.2, 0) is 0 Å². The number of halogens is 1. The monoisotopic (exact) mass is 335 g/mol. The average molecular weight is 336 g/mol. The second-order valence-corrected chi connectivity index (χ2v) is 5.51. The van der Waals surface area contributed by atoms with Crippen LogP contribution in [0.5, 0.6) is 0 Å². The molecule has 2 aromatic heterocycles. The molecule has 23 heavy (non-hydrogen) atoms. The highest BCUT2D eigenvalue weighted by molar-refractivity contribution is 6.35. The van der Waals surface area contributed by atoms with E-state index in [1.807, 2.05) is 4.90 Å². The van der Waals surface area contributed by atoms with Gasteiger partial charge >= 0.3 is 0 Å². The molecule has 1 fully saturated rings. The molecule has 0 spiro atoms. The molecule has 2 aromatic rings. The molecule has 0 aliphatic carbocycles. The van der Waals surface area contributed by atoms with Crippen molar-refractivity contribution in [1.82, 2.24) is 15.0 Å². The topological polar surface area (TPSA) is 123 Å². The molecular formula is C13H14ClN7O2. The normalized spacial score (nSPS) is 17.3. The predicted molar refractivity (Wildman–Crippen MR) is 86.6 cm³/mol. The van der Waals surface area contributed by atoms with Crippen molar-refractivity contribution in [2.24, 2.45) is 0 Å². The number of nitrogens with two attached hydrogens (primary N) is 1. The van der Waals surface area contributed by atoms with E-state index in [1.165, 1.54) is 18.6 Å². The van der Waals surface area contributed by atoms with Gasteiger partial charge in [0, 0.05) is 25.2 Å². The van der Waals surface area contributed by atoms with Gasteiger partial charge in [-0.25, -0.2) is 15.0 Å². The average Bonchev–Trinajstić information content (AvgIpc) is 2.99. The van der Waals surface area contributed by atoms with Crippen LogP contribution in [0.4, 0.5) is 23.1 Å². The third-order valence-corrected chi connectivity index (χ3v) is 3.96. The summed E-state index contributed by atoms with van der Waals surface area (Å²) in [6, 6.07) is 3.15. The number of hydrogen-bond donors (Lipinski definition) is 2. The van der Waals surface area contributed by atoms with Crippen LogP contribution in [-0.4, -0.2) is 39.0 Å². The number of aromatic nitrogens is 3.